The second-order valence-corrected chi connectivity index (χ2v) is 11.6. The van der Waals surface area contributed by atoms with Crippen LogP contribution in [0.5, 0.6) is 0 Å². The second kappa shape index (κ2) is 8.52. The van der Waals surface area contributed by atoms with E-state index in [2.05, 4.69) is 51.8 Å². The highest BCUT2D eigenvalue weighted by atomic mass is 35.5. The molecule has 2 N–H and O–H groups in total. The molecule has 5 rings (SSSR count). The number of hydrogen-bond donors (Lipinski definition) is 3. The number of likely N-dealkylation sites (tertiary alicyclic amines) is 1. The third-order valence-electron chi connectivity index (χ3n) is 6.62. The quantitative estimate of drug-likeness (QED) is 0.285. The van der Waals surface area contributed by atoms with Gasteiger partial charge in [-0.05, 0) is 48.8 Å². The van der Waals surface area contributed by atoms with Crippen molar-refractivity contribution in [3.05, 3.63) is 33.9 Å². The molecule has 1 unspecified atom stereocenters. The SMILES string of the molecule is CC1(C)CCN(C(=O)C2CCc3c(sc4ncnc(Nc5cc(S)c(N=N)cc5Cl)c34)C2)C1. The van der Waals surface area contributed by atoms with Gasteiger partial charge in [-0.15, -0.1) is 24.0 Å². The van der Waals surface area contributed by atoms with Crippen LogP contribution < -0.4 is 5.32 Å². The van der Waals surface area contributed by atoms with E-state index in [-0.39, 0.29) is 11.3 Å². The first kappa shape index (κ1) is 22.6. The summed E-state index contributed by atoms with van der Waals surface area (Å²) in [7, 11) is 0. The lowest BCUT2D eigenvalue weighted by molar-refractivity contribution is -0.135. The van der Waals surface area contributed by atoms with Crippen LogP contribution in [0.25, 0.3) is 10.2 Å². The summed E-state index contributed by atoms with van der Waals surface area (Å²) >= 11 is 12.5. The van der Waals surface area contributed by atoms with Gasteiger partial charge < -0.3 is 10.2 Å². The number of carbonyl (C=O) groups excluding carboxylic acids is 1. The van der Waals surface area contributed by atoms with E-state index in [1.54, 1.807) is 29.8 Å². The van der Waals surface area contributed by atoms with Gasteiger partial charge in [0, 0.05) is 28.8 Å². The summed E-state index contributed by atoms with van der Waals surface area (Å²) in [5.41, 5.74) is 9.73. The molecule has 1 aliphatic carbocycles. The van der Waals surface area contributed by atoms with Crippen LogP contribution in [0, 0.1) is 16.9 Å². The molecule has 3 heterocycles. The Bertz CT molecular complexity index is 1270. The molecule has 2 aromatic heterocycles. The van der Waals surface area contributed by atoms with Crippen molar-refractivity contribution in [3.63, 3.8) is 0 Å². The maximum atomic E-state index is 13.2. The zero-order valence-electron chi connectivity index (χ0n) is 18.5. The number of thiophene rings is 1. The highest BCUT2D eigenvalue weighted by Crippen LogP contribution is 2.42. The fourth-order valence-corrected chi connectivity index (χ4v) is 6.55. The van der Waals surface area contributed by atoms with E-state index in [1.807, 2.05) is 0 Å². The van der Waals surface area contributed by atoms with Gasteiger partial charge in [-0.1, -0.05) is 25.4 Å². The molecule has 172 valence electrons. The van der Waals surface area contributed by atoms with E-state index in [0.29, 0.717) is 33.0 Å². The van der Waals surface area contributed by atoms with E-state index < -0.39 is 0 Å². The summed E-state index contributed by atoms with van der Waals surface area (Å²) in [5, 5.41) is 8.21. The van der Waals surface area contributed by atoms with Crippen molar-refractivity contribution in [2.24, 2.45) is 16.4 Å². The third kappa shape index (κ3) is 4.22. The number of nitrogens with zero attached hydrogens (tertiary/aromatic N) is 4. The molecule has 0 saturated carbocycles. The zero-order valence-corrected chi connectivity index (χ0v) is 20.9. The van der Waals surface area contributed by atoms with Crippen LogP contribution in [-0.4, -0.2) is 33.9 Å². The molecule has 0 spiro atoms. The molecular weight excluding hydrogens is 476 g/mol. The van der Waals surface area contributed by atoms with Crippen LogP contribution >= 0.6 is 35.6 Å². The van der Waals surface area contributed by atoms with Gasteiger partial charge in [0.05, 0.1) is 21.8 Å². The third-order valence-corrected chi connectivity index (χ3v) is 8.45. The Balaban J connectivity index is 1.43. The Kier molecular flexibility index (Phi) is 5.83. The molecule has 0 radical (unpaired) electrons. The fraction of sp³-hybridized carbons (Fsp3) is 0.435. The van der Waals surface area contributed by atoms with Gasteiger partial charge in [0.25, 0.3) is 0 Å². The van der Waals surface area contributed by atoms with Crippen LogP contribution in [0.4, 0.5) is 17.2 Å². The maximum Gasteiger partial charge on any atom is 0.226 e. The lowest BCUT2D eigenvalue weighted by atomic mass is 9.86. The van der Waals surface area contributed by atoms with Crippen molar-refractivity contribution < 1.29 is 4.79 Å². The number of nitrogens with one attached hydrogen (secondary N) is 2. The number of carbonyl (C=O) groups is 1. The van der Waals surface area contributed by atoms with Gasteiger partial charge in [-0.25, -0.2) is 15.5 Å². The summed E-state index contributed by atoms with van der Waals surface area (Å²) in [6.07, 6.45) is 5.03. The molecule has 0 bridgehead atoms. The summed E-state index contributed by atoms with van der Waals surface area (Å²) in [6.45, 7) is 6.18. The molecule has 10 heteroatoms. The van der Waals surface area contributed by atoms with Gasteiger partial charge in [0.15, 0.2) is 0 Å². The predicted octanol–water partition coefficient (Wildman–Crippen LogP) is 6.40. The molecule has 1 saturated heterocycles. The maximum absolute atomic E-state index is 13.2. The minimum atomic E-state index is 0.0335. The number of halogens is 1. The Hall–Kier alpha value is -2.23. The molecule has 1 atom stereocenters. The minimum Gasteiger partial charge on any atom is -0.342 e. The van der Waals surface area contributed by atoms with Crippen molar-refractivity contribution in [2.75, 3.05) is 18.4 Å². The number of thiol groups is 1. The predicted molar refractivity (Wildman–Crippen MR) is 135 cm³/mol. The molecule has 3 aromatic rings. The van der Waals surface area contributed by atoms with E-state index in [9.17, 15) is 4.79 Å². The molecule has 7 nitrogen and oxygen atoms in total. The average molecular weight is 501 g/mol. The van der Waals surface area contributed by atoms with Crippen molar-refractivity contribution in [1.29, 1.82) is 5.53 Å². The van der Waals surface area contributed by atoms with Crippen molar-refractivity contribution in [1.82, 2.24) is 14.9 Å². The monoisotopic (exact) mass is 500 g/mol. The molecular formula is C23H25ClN6OS2. The largest absolute Gasteiger partial charge is 0.342 e. The van der Waals surface area contributed by atoms with Crippen molar-refractivity contribution >= 4 is 68.9 Å². The summed E-state index contributed by atoms with van der Waals surface area (Å²) in [5.74, 6) is 1.01. The number of aryl methyl sites for hydroxylation is 1. The van der Waals surface area contributed by atoms with Gasteiger partial charge in [-0.3, -0.25) is 4.79 Å². The lowest BCUT2D eigenvalue weighted by Crippen LogP contribution is -2.37. The Labute approximate surface area is 206 Å². The Morgan fingerprint density at radius 3 is 2.94 bits per heavy atom. The number of amides is 1. The normalized spacial score (nSPS) is 19.5. The lowest BCUT2D eigenvalue weighted by Gasteiger charge is -2.27. The Morgan fingerprint density at radius 2 is 2.21 bits per heavy atom. The average Bonchev–Trinajstić information content (AvgIpc) is 3.34. The molecule has 1 aliphatic heterocycles. The first-order valence-corrected chi connectivity index (χ1v) is 12.6. The fourth-order valence-electron chi connectivity index (χ4n) is 4.84. The summed E-state index contributed by atoms with van der Waals surface area (Å²) < 4.78 is 0. The van der Waals surface area contributed by atoms with E-state index in [4.69, 9.17) is 17.1 Å². The summed E-state index contributed by atoms with van der Waals surface area (Å²) in [4.78, 5) is 26.9. The first-order chi connectivity index (χ1) is 15.8. The minimum absolute atomic E-state index is 0.0335. The first-order valence-electron chi connectivity index (χ1n) is 11.0. The number of anilines is 2. The van der Waals surface area contributed by atoms with Crippen LogP contribution in [0.15, 0.2) is 28.5 Å². The van der Waals surface area contributed by atoms with Gasteiger partial charge in [0.1, 0.15) is 17.0 Å². The topological polar surface area (TPSA) is 94.3 Å². The highest BCUT2D eigenvalue weighted by Gasteiger charge is 2.37. The number of fused-ring (bicyclic) bond motifs is 3. The van der Waals surface area contributed by atoms with E-state index >= 15 is 0 Å². The zero-order chi connectivity index (χ0) is 23.3. The van der Waals surface area contributed by atoms with Gasteiger partial charge >= 0.3 is 0 Å². The smallest absolute Gasteiger partial charge is 0.226 e. The van der Waals surface area contributed by atoms with Crippen LogP contribution in [0.3, 0.4) is 0 Å². The molecule has 1 fully saturated rings. The van der Waals surface area contributed by atoms with Crippen molar-refractivity contribution in [3.8, 4) is 0 Å². The van der Waals surface area contributed by atoms with Crippen molar-refractivity contribution in [2.45, 2.75) is 44.4 Å². The Morgan fingerprint density at radius 1 is 1.39 bits per heavy atom. The highest BCUT2D eigenvalue weighted by molar-refractivity contribution is 7.80. The number of aromatic nitrogens is 2. The van der Waals surface area contributed by atoms with Crippen LogP contribution in [0.2, 0.25) is 5.02 Å². The number of hydrogen-bond acceptors (Lipinski definition) is 8. The number of rotatable bonds is 4. The van der Waals surface area contributed by atoms with Gasteiger partial charge in [0.2, 0.25) is 5.91 Å². The van der Waals surface area contributed by atoms with Crippen LogP contribution in [0.1, 0.15) is 37.1 Å². The van der Waals surface area contributed by atoms with Gasteiger partial charge in [-0.2, -0.15) is 5.11 Å². The molecule has 1 amide bonds. The molecule has 1 aromatic carbocycles. The number of benzene rings is 1. The standard InChI is InChI=1S/C23H25ClN6OS2/c1-23(2)5-6-30(10-23)22(31)12-3-4-13-18(7-12)33-21-19(13)20(26-11-27-21)28-15-9-17(32)16(29-25)8-14(15)24/h8-9,11-12,25,32H,3-7,10H2,1-2H3,(H,26,27,28). The van der Waals surface area contributed by atoms with E-state index in [0.717, 1.165) is 49.0 Å². The van der Waals surface area contributed by atoms with E-state index in [1.165, 1.54) is 10.4 Å². The molecule has 33 heavy (non-hydrogen) atoms. The summed E-state index contributed by atoms with van der Waals surface area (Å²) in [6, 6.07) is 3.36. The molecule has 2 aliphatic rings. The van der Waals surface area contributed by atoms with Crippen LogP contribution in [-0.2, 0) is 17.6 Å². The second-order valence-electron chi connectivity index (χ2n) is 9.58.